The van der Waals surface area contributed by atoms with E-state index in [0.717, 1.165) is 12.8 Å². The van der Waals surface area contributed by atoms with E-state index >= 15 is 0 Å². The lowest BCUT2D eigenvalue weighted by atomic mass is 9.93. The van der Waals surface area contributed by atoms with E-state index in [1.54, 1.807) is 0 Å². The summed E-state index contributed by atoms with van der Waals surface area (Å²) in [5, 5.41) is 3.01. The molecular formula is C14H31N3O. The molecule has 0 spiro atoms. The number of rotatable bonds is 8. The summed E-state index contributed by atoms with van der Waals surface area (Å²) >= 11 is 0. The number of carbonyl (C=O) groups excluding carboxylic acids is 1. The highest BCUT2D eigenvalue weighted by Crippen LogP contribution is 2.16. The van der Waals surface area contributed by atoms with Gasteiger partial charge < -0.3 is 16.0 Å². The predicted molar refractivity (Wildman–Crippen MR) is 77.4 cm³/mol. The van der Waals surface area contributed by atoms with Crippen LogP contribution in [0.5, 0.6) is 0 Å². The first-order valence-corrected chi connectivity index (χ1v) is 6.93. The van der Waals surface area contributed by atoms with Crippen LogP contribution >= 0.6 is 0 Å². The van der Waals surface area contributed by atoms with Crippen LogP contribution in [0.4, 0.5) is 0 Å². The van der Waals surface area contributed by atoms with Gasteiger partial charge in [-0.1, -0.05) is 26.7 Å². The van der Waals surface area contributed by atoms with Crippen molar-refractivity contribution in [1.82, 2.24) is 10.2 Å². The highest BCUT2D eigenvalue weighted by Gasteiger charge is 2.22. The Morgan fingerprint density at radius 2 is 1.78 bits per heavy atom. The monoisotopic (exact) mass is 257 g/mol. The van der Waals surface area contributed by atoms with Crippen molar-refractivity contribution >= 4 is 5.91 Å². The van der Waals surface area contributed by atoms with Crippen molar-refractivity contribution in [2.45, 2.75) is 58.5 Å². The standard InChI is InChI=1S/C14H31N3O/c1-7-11(8-2)12(17(5)6)10-16-13(18)9-14(3,4)15/h11-12H,7-10,15H2,1-6H3,(H,16,18). The Hall–Kier alpha value is -0.610. The minimum absolute atomic E-state index is 0.0420. The molecule has 1 amide bonds. The highest BCUT2D eigenvalue weighted by atomic mass is 16.1. The second-order valence-corrected chi connectivity index (χ2v) is 6.08. The van der Waals surface area contributed by atoms with E-state index in [0.29, 0.717) is 24.9 Å². The van der Waals surface area contributed by atoms with Crippen LogP contribution in [-0.4, -0.2) is 43.0 Å². The number of hydrogen-bond acceptors (Lipinski definition) is 3. The number of nitrogens with two attached hydrogens (primary N) is 1. The molecule has 1 unspecified atom stereocenters. The van der Waals surface area contributed by atoms with Gasteiger partial charge in [0.2, 0.25) is 5.91 Å². The number of hydrogen-bond donors (Lipinski definition) is 2. The molecule has 0 aliphatic rings. The van der Waals surface area contributed by atoms with E-state index in [9.17, 15) is 4.79 Å². The van der Waals surface area contributed by atoms with Crippen molar-refractivity contribution in [3.05, 3.63) is 0 Å². The van der Waals surface area contributed by atoms with Crippen LogP contribution in [0.15, 0.2) is 0 Å². The first kappa shape index (κ1) is 17.4. The van der Waals surface area contributed by atoms with Crippen LogP contribution in [0.2, 0.25) is 0 Å². The van der Waals surface area contributed by atoms with Gasteiger partial charge in [0.1, 0.15) is 0 Å². The molecule has 0 radical (unpaired) electrons. The molecule has 1 atom stereocenters. The molecule has 0 fully saturated rings. The Kier molecular flexibility index (Phi) is 7.48. The molecular weight excluding hydrogens is 226 g/mol. The molecule has 0 aromatic rings. The molecule has 0 bridgehead atoms. The molecule has 0 aromatic carbocycles. The van der Waals surface area contributed by atoms with Crippen molar-refractivity contribution in [2.24, 2.45) is 11.7 Å². The summed E-state index contributed by atoms with van der Waals surface area (Å²) in [6.45, 7) is 8.85. The zero-order valence-electron chi connectivity index (χ0n) is 12.9. The van der Waals surface area contributed by atoms with Gasteiger partial charge in [0.05, 0.1) is 0 Å². The maximum atomic E-state index is 11.8. The summed E-state index contributed by atoms with van der Waals surface area (Å²) in [6.07, 6.45) is 2.64. The third-order valence-electron chi connectivity index (χ3n) is 3.38. The fraction of sp³-hybridized carbons (Fsp3) is 0.929. The SMILES string of the molecule is CCC(CC)C(CNC(=O)CC(C)(C)N)N(C)C. The van der Waals surface area contributed by atoms with E-state index in [-0.39, 0.29) is 5.91 Å². The quantitative estimate of drug-likeness (QED) is 0.694. The van der Waals surface area contributed by atoms with Crippen LogP contribution < -0.4 is 11.1 Å². The smallest absolute Gasteiger partial charge is 0.221 e. The fourth-order valence-electron chi connectivity index (χ4n) is 2.30. The molecule has 0 heterocycles. The number of nitrogens with one attached hydrogen (secondary N) is 1. The van der Waals surface area contributed by atoms with Crippen molar-refractivity contribution in [1.29, 1.82) is 0 Å². The minimum atomic E-state index is -0.438. The van der Waals surface area contributed by atoms with Gasteiger partial charge in [-0.2, -0.15) is 0 Å². The van der Waals surface area contributed by atoms with Gasteiger partial charge in [-0.05, 0) is 33.9 Å². The lowest BCUT2D eigenvalue weighted by Crippen LogP contribution is -2.46. The zero-order chi connectivity index (χ0) is 14.3. The van der Waals surface area contributed by atoms with Gasteiger partial charge in [-0.15, -0.1) is 0 Å². The van der Waals surface area contributed by atoms with E-state index in [1.807, 2.05) is 13.8 Å². The molecule has 0 saturated heterocycles. The van der Waals surface area contributed by atoms with Crippen molar-refractivity contribution in [3.63, 3.8) is 0 Å². The van der Waals surface area contributed by atoms with Gasteiger partial charge in [-0.3, -0.25) is 4.79 Å². The molecule has 4 heteroatoms. The summed E-state index contributed by atoms with van der Waals surface area (Å²) in [7, 11) is 4.14. The second-order valence-electron chi connectivity index (χ2n) is 6.08. The summed E-state index contributed by atoms with van der Waals surface area (Å²) in [5.41, 5.74) is 5.41. The zero-order valence-corrected chi connectivity index (χ0v) is 12.9. The third-order valence-corrected chi connectivity index (χ3v) is 3.38. The predicted octanol–water partition coefficient (Wildman–Crippen LogP) is 1.60. The first-order chi connectivity index (χ1) is 8.21. The van der Waals surface area contributed by atoms with Crippen LogP contribution in [0.1, 0.15) is 47.0 Å². The largest absolute Gasteiger partial charge is 0.354 e. The average molecular weight is 257 g/mol. The second kappa shape index (κ2) is 7.74. The molecule has 0 saturated carbocycles. The topological polar surface area (TPSA) is 58.4 Å². The van der Waals surface area contributed by atoms with Crippen molar-refractivity contribution in [2.75, 3.05) is 20.6 Å². The molecule has 0 aliphatic carbocycles. The molecule has 0 rings (SSSR count). The van der Waals surface area contributed by atoms with Crippen molar-refractivity contribution < 1.29 is 4.79 Å². The number of amides is 1. The van der Waals surface area contributed by atoms with Gasteiger partial charge >= 0.3 is 0 Å². The first-order valence-electron chi connectivity index (χ1n) is 6.93. The average Bonchev–Trinajstić information content (AvgIpc) is 2.21. The van der Waals surface area contributed by atoms with E-state index in [2.05, 4.69) is 38.2 Å². The Morgan fingerprint density at radius 3 is 2.11 bits per heavy atom. The number of likely N-dealkylation sites (N-methyl/N-ethyl adjacent to an activating group) is 1. The van der Waals surface area contributed by atoms with Gasteiger partial charge in [0.25, 0.3) is 0 Å². The summed E-state index contributed by atoms with van der Waals surface area (Å²) in [5.74, 6) is 0.659. The molecule has 0 aliphatic heterocycles. The molecule has 18 heavy (non-hydrogen) atoms. The van der Waals surface area contributed by atoms with Gasteiger partial charge in [0.15, 0.2) is 0 Å². The number of carbonyl (C=O) groups is 1. The number of nitrogens with zero attached hydrogens (tertiary/aromatic N) is 1. The Bertz CT molecular complexity index is 242. The van der Waals surface area contributed by atoms with E-state index in [1.165, 1.54) is 0 Å². The van der Waals surface area contributed by atoms with Crippen LogP contribution in [0.3, 0.4) is 0 Å². The van der Waals surface area contributed by atoms with Crippen LogP contribution in [0, 0.1) is 5.92 Å². The van der Waals surface area contributed by atoms with Crippen LogP contribution in [0.25, 0.3) is 0 Å². The molecule has 4 nitrogen and oxygen atoms in total. The summed E-state index contributed by atoms with van der Waals surface area (Å²) < 4.78 is 0. The maximum absolute atomic E-state index is 11.8. The van der Waals surface area contributed by atoms with Gasteiger partial charge in [0, 0.05) is 24.5 Å². The Balaban J connectivity index is 4.32. The lowest BCUT2D eigenvalue weighted by Gasteiger charge is -2.31. The fourth-order valence-corrected chi connectivity index (χ4v) is 2.30. The normalized spacial score (nSPS) is 14.1. The lowest BCUT2D eigenvalue weighted by molar-refractivity contribution is -0.122. The van der Waals surface area contributed by atoms with E-state index < -0.39 is 5.54 Å². The maximum Gasteiger partial charge on any atom is 0.221 e. The third kappa shape index (κ3) is 6.97. The van der Waals surface area contributed by atoms with Crippen molar-refractivity contribution in [3.8, 4) is 0 Å². The summed E-state index contributed by atoms with van der Waals surface area (Å²) in [6, 6.07) is 0.393. The Labute approximate surface area is 112 Å². The van der Waals surface area contributed by atoms with E-state index in [4.69, 9.17) is 5.73 Å². The molecule has 108 valence electrons. The highest BCUT2D eigenvalue weighted by molar-refractivity contribution is 5.77. The molecule has 0 aromatic heterocycles. The Morgan fingerprint density at radius 1 is 1.28 bits per heavy atom. The summed E-state index contributed by atoms with van der Waals surface area (Å²) in [4.78, 5) is 14.0. The van der Waals surface area contributed by atoms with Gasteiger partial charge in [-0.25, -0.2) is 0 Å². The minimum Gasteiger partial charge on any atom is -0.354 e. The van der Waals surface area contributed by atoms with Crippen LogP contribution in [-0.2, 0) is 4.79 Å². The molecule has 3 N–H and O–H groups in total.